The van der Waals surface area contributed by atoms with Gasteiger partial charge in [-0.3, -0.25) is 4.79 Å². The van der Waals surface area contributed by atoms with E-state index >= 15 is 4.39 Å². The first-order valence-corrected chi connectivity index (χ1v) is 12.3. The molecule has 1 heterocycles. The van der Waals surface area contributed by atoms with Gasteiger partial charge in [-0.25, -0.2) is 9.18 Å². The van der Waals surface area contributed by atoms with Crippen molar-refractivity contribution in [3.8, 4) is 5.75 Å². The summed E-state index contributed by atoms with van der Waals surface area (Å²) in [4.78, 5) is 24.3. The Kier molecular flexibility index (Phi) is 5.66. The lowest BCUT2D eigenvalue weighted by Gasteiger charge is -2.47. The topological polar surface area (TPSA) is 84.9 Å². The Hall–Kier alpha value is -2.15. The molecule has 4 aliphatic rings. The predicted octanol–water partition coefficient (Wildman–Crippen LogP) is 4.52. The number of rotatable bonds is 7. The average molecular weight is 460 g/mol. The van der Waals surface area contributed by atoms with E-state index in [9.17, 15) is 14.7 Å². The van der Waals surface area contributed by atoms with E-state index in [2.05, 4.69) is 19.2 Å². The van der Waals surface area contributed by atoms with Gasteiger partial charge in [0.2, 0.25) is 0 Å². The number of aliphatic carboxylic acids is 1. The molecule has 0 radical (unpaired) electrons. The van der Waals surface area contributed by atoms with Gasteiger partial charge in [0.05, 0.1) is 25.4 Å². The van der Waals surface area contributed by atoms with Crippen molar-refractivity contribution in [2.45, 2.75) is 70.3 Å². The average Bonchev–Trinajstić information content (AvgIpc) is 3.52. The minimum Gasteiger partial charge on any atom is -0.493 e. The van der Waals surface area contributed by atoms with E-state index in [-0.39, 0.29) is 30.1 Å². The summed E-state index contributed by atoms with van der Waals surface area (Å²) in [6.07, 6.45) is 8.17. The second kappa shape index (κ2) is 8.26. The molecule has 6 nitrogen and oxygen atoms in total. The third-order valence-electron chi connectivity index (χ3n) is 8.10. The summed E-state index contributed by atoms with van der Waals surface area (Å²) >= 11 is 0. The molecule has 1 saturated heterocycles. The first-order chi connectivity index (χ1) is 15.7. The quantitative estimate of drug-likeness (QED) is 0.626. The van der Waals surface area contributed by atoms with Crippen LogP contribution in [0.1, 0.15) is 80.6 Å². The lowest BCUT2D eigenvalue weighted by molar-refractivity contribution is -0.164. The lowest BCUT2D eigenvalue weighted by atomic mass is 9.60. The Morgan fingerprint density at radius 3 is 2.39 bits per heavy atom. The standard InChI is InChI=1S/C26H34FNO5/c1-15-5-16-7-17(6-15)11-25(2,10-16)12-33-22-9-21(27)20(8-19(22)18-3-4-18)23(29)28-26(24(30)31)13-32-14-26/h8-9,15-18H,3-7,10-14H2,1-2H3,(H,28,29)(H,30,31). The molecule has 2 N–H and O–H groups in total. The molecule has 180 valence electrons. The van der Waals surface area contributed by atoms with Crippen LogP contribution >= 0.6 is 0 Å². The van der Waals surface area contributed by atoms with Crippen LogP contribution in [0.2, 0.25) is 0 Å². The van der Waals surface area contributed by atoms with Crippen LogP contribution in [-0.4, -0.2) is 42.3 Å². The Morgan fingerprint density at radius 1 is 1.18 bits per heavy atom. The molecule has 1 amide bonds. The maximum Gasteiger partial charge on any atom is 0.334 e. The molecule has 3 aliphatic carbocycles. The Bertz CT molecular complexity index is 936. The first kappa shape index (κ1) is 22.6. The zero-order valence-electron chi connectivity index (χ0n) is 19.5. The van der Waals surface area contributed by atoms with Crippen molar-refractivity contribution in [1.29, 1.82) is 0 Å². The van der Waals surface area contributed by atoms with E-state index < -0.39 is 23.2 Å². The van der Waals surface area contributed by atoms with Crippen LogP contribution in [0.3, 0.4) is 0 Å². The van der Waals surface area contributed by atoms with Crippen molar-refractivity contribution >= 4 is 11.9 Å². The number of fused-ring (bicyclic) bond motifs is 2. The van der Waals surface area contributed by atoms with Crippen LogP contribution in [0.15, 0.2) is 12.1 Å². The Balaban J connectivity index is 1.32. The third-order valence-corrected chi connectivity index (χ3v) is 8.10. The van der Waals surface area contributed by atoms with Gasteiger partial charge in [0.25, 0.3) is 5.91 Å². The maximum atomic E-state index is 15.0. The number of halogens is 1. The molecule has 0 aromatic heterocycles. The van der Waals surface area contributed by atoms with Crippen molar-refractivity contribution in [2.24, 2.45) is 23.2 Å². The SMILES string of the molecule is CC1CC2CC(C1)CC(C)(COc1cc(F)c(C(=O)NC3(C(=O)O)COC3)cc1C1CC1)C2. The highest BCUT2D eigenvalue weighted by Crippen LogP contribution is 2.51. The fraction of sp³-hybridized carbons (Fsp3) is 0.692. The van der Waals surface area contributed by atoms with Gasteiger partial charge in [-0.1, -0.05) is 13.8 Å². The number of hydrogen-bond acceptors (Lipinski definition) is 4. The zero-order chi connectivity index (χ0) is 23.4. The summed E-state index contributed by atoms with van der Waals surface area (Å²) in [5.74, 6) is 0.501. The van der Waals surface area contributed by atoms with Gasteiger partial charge >= 0.3 is 5.97 Å². The molecule has 1 aliphatic heterocycles. The van der Waals surface area contributed by atoms with Crippen LogP contribution in [0.25, 0.3) is 0 Å². The molecule has 1 aromatic carbocycles. The van der Waals surface area contributed by atoms with Gasteiger partial charge in [-0.05, 0) is 80.2 Å². The Morgan fingerprint density at radius 2 is 1.85 bits per heavy atom. The number of hydrogen-bond donors (Lipinski definition) is 2. The largest absolute Gasteiger partial charge is 0.493 e. The highest BCUT2D eigenvalue weighted by molar-refractivity contribution is 5.98. The van der Waals surface area contributed by atoms with Crippen LogP contribution in [0.4, 0.5) is 4.39 Å². The summed E-state index contributed by atoms with van der Waals surface area (Å²) in [5, 5.41) is 11.9. The number of ether oxygens (including phenoxy) is 2. The number of carboxylic acids is 1. The molecule has 4 fully saturated rings. The fourth-order valence-corrected chi connectivity index (χ4v) is 6.50. The summed E-state index contributed by atoms with van der Waals surface area (Å²) in [5.41, 5.74) is -0.684. The van der Waals surface area contributed by atoms with Crippen molar-refractivity contribution < 1.29 is 28.6 Å². The monoisotopic (exact) mass is 459 g/mol. The van der Waals surface area contributed by atoms with Gasteiger partial charge in [-0.15, -0.1) is 0 Å². The molecule has 5 rings (SSSR count). The number of amides is 1. The zero-order valence-corrected chi connectivity index (χ0v) is 19.5. The van der Waals surface area contributed by atoms with E-state index in [0.717, 1.165) is 49.0 Å². The Labute approximate surface area is 194 Å². The van der Waals surface area contributed by atoms with E-state index in [1.807, 2.05) is 0 Å². The van der Waals surface area contributed by atoms with E-state index in [1.54, 1.807) is 6.07 Å². The number of nitrogens with one attached hydrogen (secondary N) is 1. The van der Waals surface area contributed by atoms with Gasteiger partial charge in [-0.2, -0.15) is 0 Å². The van der Waals surface area contributed by atoms with Crippen molar-refractivity contribution in [1.82, 2.24) is 5.32 Å². The van der Waals surface area contributed by atoms with Crippen LogP contribution < -0.4 is 10.1 Å². The molecule has 1 aromatic rings. The van der Waals surface area contributed by atoms with Crippen LogP contribution in [-0.2, 0) is 9.53 Å². The summed E-state index contributed by atoms with van der Waals surface area (Å²) in [6, 6.07) is 2.88. The molecule has 3 saturated carbocycles. The summed E-state index contributed by atoms with van der Waals surface area (Å²) in [6.45, 7) is 4.97. The highest BCUT2D eigenvalue weighted by atomic mass is 19.1. The minimum atomic E-state index is -1.48. The number of carbonyl (C=O) groups is 2. The van der Waals surface area contributed by atoms with Gasteiger partial charge in [0.1, 0.15) is 11.6 Å². The summed E-state index contributed by atoms with van der Waals surface area (Å²) < 4.78 is 26.3. The minimum absolute atomic E-state index is 0.0825. The molecule has 2 unspecified atom stereocenters. The van der Waals surface area contributed by atoms with E-state index in [4.69, 9.17) is 9.47 Å². The van der Waals surface area contributed by atoms with Crippen molar-refractivity contribution in [3.63, 3.8) is 0 Å². The molecule has 2 atom stereocenters. The third kappa shape index (κ3) is 4.48. The van der Waals surface area contributed by atoms with Crippen molar-refractivity contribution in [2.75, 3.05) is 19.8 Å². The second-order valence-electron chi connectivity index (χ2n) is 11.5. The lowest BCUT2D eigenvalue weighted by Crippen LogP contribution is -2.67. The fourth-order valence-electron chi connectivity index (χ4n) is 6.50. The van der Waals surface area contributed by atoms with Gasteiger partial charge in [0, 0.05) is 11.5 Å². The molecular weight excluding hydrogens is 425 g/mol. The molecule has 7 heteroatoms. The predicted molar refractivity (Wildman–Crippen MR) is 120 cm³/mol. The first-order valence-electron chi connectivity index (χ1n) is 12.3. The number of benzene rings is 1. The molecule has 33 heavy (non-hydrogen) atoms. The smallest absolute Gasteiger partial charge is 0.334 e. The molecule has 2 bridgehead atoms. The van der Waals surface area contributed by atoms with Crippen LogP contribution in [0.5, 0.6) is 5.75 Å². The molecular formula is C26H34FNO5. The van der Waals surface area contributed by atoms with E-state index in [1.165, 1.54) is 25.3 Å². The second-order valence-corrected chi connectivity index (χ2v) is 11.5. The number of carbonyl (C=O) groups excluding carboxylic acids is 1. The summed E-state index contributed by atoms with van der Waals surface area (Å²) in [7, 11) is 0. The maximum absolute atomic E-state index is 15.0. The van der Waals surface area contributed by atoms with Gasteiger partial charge < -0.3 is 19.9 Å². The van der Waals surface area contributed by atoms with Gasteiger partial charge in [0.15, 0.2) is 5.54 Å². The molecule has 0 spiro atoms. The normalized spacial score (nSPS) is 32.5. The van der Waals surface area contributed by atoms with E-state index in [0.29, 0.717) is 12.4 Å². The number of carboxylic acid groups (broad SMARTS) is 1. The van der Waals surface area contributed by atoms with Crippen molar-refractivity contribution in [3.05, 3.63) is 29.1 Å². The van der Waals surface area contributed by atoms with Crippen LogP contribution in [0, 0.1) is 29.0 Å². The highest BCUT2D eigenvalue weighted by Gasteiger charge is 2.48.